The van der Waals surface area contributed by atoms with Crippen molar-refractivity contribution in [2.24, 2.45) is 0 Å². The molecule has 0 bridgehead atoms. The third-order valence-electron chi connectivity index (χ3n) is 4.75. The van der Waals surface area contributed by atoms with Gasteiger partial charge in [0.15, 0.2) is 0 Å². The minimum atomic E-state index is -0.0909. The first-order valence-corrected chi connectivity index (χ1v) is 8.23. The summed E-state index contributed by atoms with van der Waals surface area (Å²) < 4.78 is 0. The monoisotopic (exact) mass is 285 g/mol. The van der Waals surface area contributed by atoms with Crippen molar-refractivity contribution in [2.45, 2.75) is 64.6 Å². The van der Waals surface area contributed by atoms with Gasteiger partial charge in [-0.05, 0) is 39.8 Å². The molecule has 0 saturated carbocycles. The minimum absolute atomic E-state index is 0.0909. The van der Waals surface area contributed by atoms with Crippen molar-refractivity contribution in [2.75, 3.05) is 39.8 Å². The van der Waals surface area contributed by atoms with Gasteiger partial charge in [-0.3, -0.25) is 0 Å². The molecule has 0 spiro atoms. The molecule has 120 valence electrons. The Kier molecular flexibility index (Phi) is 7.45. The number of aliphatic hydroxyl groups excluding tert-OH is 1. The van der Waals surface area contributed by atoms with Gasteiger partial charge < -0.3 is 20.2 Å². The summed E-state index contributed by atoms with van der Waals surface area (Å²) in [7, 11) is 2.21. The second-order valence-electron chi connectivity index (χ2n) is 6.82. The first kappa shape index (κ1) is 17.9. The van der Waals surface area contributed by atoms with Crippen molar-refractivity contribution in [1.29, 1.82) is 0 Å². The highest BCUT2D eigenvalue weighted by Crippen LogP contribution is 2.19. The number of hydrogen-bond acceptors (Lipinski definition) is 4. The smallest absolute Gasteiger partial charge is 0.0613 e. The summed E-state index contributed by atoms with van der Waals surface area (Å²) in [6, 6.07) is 1.08. The first-order valence-electron chi connectivity index (χ1n) is 8.23. The van der Waals surface area contributed by atoms with E-state index in [1.807, 2.05) is 0 Å². The van der Waals surface area contributed by atoms with Crippen LogP contribution in [0.25, 0.3) is 0 Å². The first-order chi connectivity index (χ1) is 9.42. The Hall–Kier alpha value is -0.160. The largest absolute Gasteiger partial charge is 0.394 e. The lowest BCUT2D eigenvalue weighted by atomic mass is 9.90. The average molecular weight is 285 g/mol. The van der Waals surface area contributed by atoms with Crippen molar-refractivity contribution in [1.82, 2.24) is 15.1 Å². The van der Waals surface area contributed by atoms with Crippen molar-refractivity contribution in [3.8, 4) is 0 Å². The van der Waals surface area contributed by atoms with Gasteiger partial charge in [-0.15, -0.1) is 0 Å². The molecule has 1 aliphatic heterocycles. The Morgan fingerprint density at radius 1 is 1.35 bits per heavy atom. The Morgan fingerprint density at radius 2 is 2.05 bits per heavy atom. The standard InChI is InChI=1S/C16H35N3O/c1-6-16(13-20,17-14(2)3)8-7-9-19-11-10-18(5)15(4)12-19/h14-15,17,20H,6-13H2,1-5H3. The van der Waals surface area contributed by atoms with E-state index >= 15 is 0 Å². The maximum absolute atomic E-state index is 9.76. The second kappa shape index (κ2) is 8.32. The van der Waals surface area contributed by atoms with E-state index in [-0.39, 0.29) is 12.1 Å². The van der Waals surface area contributed by atoms with Crippen molar-refractivity contribution in [3.05, 3.63) is 0 Å². The average Bonchev–Trinajstić information content (AvgIpc) is 2.41. The number of hydrogen-bond donors (Lipinski definition) is 2. The second-order valence-corrected chi connectivity index (χ2v) is 6.82. The van der Waals surface area contributed by atoms with Crippen molar-refractivity contribution < 1.29 is 5.11 Å². The highest BCUT2D eigenvalue weighted by Gasteiger charge is 2.28. The number of nitrogens with zero attached hydrogens (tertiary/aromatic N) is 2. The number of rotatable bonds is 8. The van der Waals surface area contributed by atoms with Gasteiger partial charge in [-0.2, -0.15) is 0 Å². The molecule has 0 aromatic carbocycles. The third-order valence-corrected chi connectivity index (χ3v) is 4.75. The summed E-state index contributed by atoms with van der Waals surface area (Å²) in [6.07, 6.45) is 3.20. The summed E-state index contributed by atoms with van der Waals surface area (Å²) in [5.74, 6) is 0. The molecule has 2 atom stereocenters. The van der Waals surface area contributed by atoms with Gasteiger partial charge in [0.1, 0.15) is 0 Å². The molecule has 0 radical (unpaired) electrons. The fraction of sp³-hybridized carbons (Fsp3) is 1.00. The van der Waals surface area contributed by atoms with Crippen LogP contribution in [0.2, 0.25) is 0 Å². The zero-order valence-corrected chi connectivity index (χ0v) is 14.2. The van der Waals surface area contributed by atoms with Gasteiger partial charge in [-0.1, -0.05) is 20.8 Å². The van der Waals surface area contributed by atoms with Gasteiger partial charge in [0.25, 0.3) is 0 Å². The molecule has 1 saturated heterocycles. The molecule has 0 aliphatic carbocycles. The van der Waals surface area contributed by atoms with Crippen molar-refractivity contribution in [3.63, 3.8) is 0 Å². The number of nitrogens with one attached hydrogen (secondary N) is 1. The van der Waals surface area contributed by atoms with Crippen LogP contribution in [0, 0.1) is 0 Å². The Balaban J connectivity index is 2.37. The topological polar surface area (TPSA) is 38.7 Å². The highest BCUT2D eigenvalue weighted by atomic mass is 16.3. The number of likely N-dealkylation sites (N-methyl/N-ethyl adjacent to an activating group) is 1. The molecule has 0 amide bonds. The maximum Gasteiger partial charge on any atom is 0.0613 e. The van der Waals surface area contributed by atoms with E-state index in [0.717, 1.165) is 25.8 Å². The van der Waals surface area contributed by atoms with E-state index < -0.39 is 0 Å². The van der Waals surface area contributed by atoms with Crippen LogP contribution in [0.3, 0.4) is 0 Å². The van der Waals surface area contributed by atoms with E-state index in [1.54, 1.807) is 0 Å². The molecular formula is C16H35N3O. The van der Waals surface area contributed by atoms with Crippen molar-refractivity contribution >= 4 is 0 Å². The Labute approximate surface area is 125 Å². The molecule has 1 fully saturated rings. The zero-order valence-electron chi connectivity index (χ0n) is 14.2. The van der Waals surface area contributed by atoms with E-state index in [0.29, 0.717) is 12.1 Å². The van der Waals surface area contributed by atoms with Crippen LogP contribution >= 0.6 is 0 Å². The molecule has 2 unspecified atom stereocenters. The molecule has 20 heavy (non-hydrogen) atoms. The van der Waals surface area contributed by atoms with Gasteiger partial charge >= 0.3 is 0 Å². The normalized spacial score (nSPS) is 25.1. The van der Waals surface area contributed by atoms with E-state index in [9.17, 15) is 5.11 Å². The Morgan fingerprint density at radius 3 is 2.55 bits per heavy atom. The molecule has 1 rings (SSSR count). The lowest BCUT2D eigenvalue weighted by Gasteiger charge is -2.39. The van der Waals surface area contributed by atoms with E-state index in [2.05, 4.69) is 49.9 Å². The van der Waals surface area contributed by atoms with E-state index in [1.165, 1.54) is 19.6 Å². The highest BCUT2D eigenvalue weighted by molar-refractivity contribution is 4.88. The summed E-state index contributed by atoms with van der Waals surface area (Å²) >= 11 is 0. The fourth-order valence-electron chi connectivity index (χ4n) is 3.17. The zero-order chi connectivity index (χ0) is 15.2. The van der Waals surface area contributed by atoms with Gasteiger partial charge in [0.05, 0.1) is 6.61 Å². The molecule has 2 N–H and O–H groups in total. The van der Waals surface area contributed by atoms with Crippen LogP contribution in [0.15, 0.2) is 0 Å². The van der Waals surface area contributed by atoms with Crippen LogP contribution < -0.4 is 5.32 Å². The molecule has 0 aromatic rings. The van der Waals surface area contributed by atoms with Crippen LogP contribution in [0.1, 0.15) is 47.0 Å². The lowest BCUT2D eigenvalue weighted by molar-refractivity contribution is 0.0934. The Bertz CT molecular complexity index is 266. The quantitative estimate of drug-likeness (QED) is 0.710. The lowest BCUT2D eigenvalue weighted by Crippen LogP contribution is -2.52. The molecule has 1 aliphatic rings. The molecular weight excluding hydrogens is 250 g/mol. The predicted octanol–water partition coefficient (Wildman–Crippen LogP) is 1.54. The van der Waals surface area contributed by atoms with Gasteiger partial charge in [0, 0.05) is 37.3 Å². The molecule has 0 aromatic heterocycles. The third kappa shape index (κ3) is 5.32. The minimum Gasteiger partial charge on any atom is -0.394 e. The van der Waals surface area contributed by atoms with Crippen LogP contribution in [-0.2, 0) is 0 Å². The number of aliphatic hydroxyl groups is 1. The summed E-state index contributed by atoms with van der Waals surface area (Å²) in [6.45, 7) is 13.7. The van der Waals surface area contributed by atoms with Crippen LogP contribution in [0.4, 0.5) is 0 Å². The molecule has 4 heteroatoms. The fourth-order valence-corrected chi connectivity index (χ4v) is 3.17. The summed E-state index contributed by atoms with van der Waals surface area (Å²) in [5, 5.41) is 13.3. The number of piperazine rings is 1. The molecule has 1 heterocycles. The summed E-state index contributed by atoms with van der Waals surface area (Å²) in [5.41, 5.74) is -0.0909. The molecule has 4 nitrogen and oxygen atoms in total. The van der Waals surface area contributed by atoms with Gasteiger partial charge in [-0.25, -0.2) is 0 Å². The predicted molar refractivity (Wildman–Crippen MR) is 86.1 cm³/mol. The SMILES string of the molecule is CCC(CO)(CCCN1CCN(C)C(C)C1)NC(C)C. The van der Waals surface area contributed by atoms with Gasteiger partial charge in [0.2, 0.25) is 0 Å². The van der Waals surface area contributed by atoms with Crippen LogP contribution in [-0.4, -0.2) is 72.4 Å². The van der Waals surface area contributed by atoms with Crippen LogP contribution in [0.5, 0.6) is 0 Å². The van der Waals surface area contributed by atoms with E-state index in [4.69, 9.17) is 0 Å². The summed E-state index contributed by atoms with van der Waals surface area (Å²) in [4.78, 5) is 5.00. The maximum atomic E-state index is 9.76.